The van der Waals surface area contributed by atoms with Crippen molar-refractivity contribution in [2.24, 2.45) is 0 Å². The summed E-state index contributed by atoms with van der Waals surface area (Å²) in [5.41, 5.74) is 1.27. The number of benzene rings is 1. The third kappa shape index (κ3) is 2.32. The molecule has 18 heavy (non-hydrogen) atoms. The van der Waals surface area contributed by atoms with Crippen LogP contribution in [-0.4, -0.2) is 11.9 Å². The van der Waals surface area contributed by atoms with Crippen molar-refractivity contribution in [3.63, 3.8) is 0 Å². The quantitative estimate of drug-likeness (QED) is 0.692. The normalized spacial score (nSPS) is 30.8. The molecule has 1 saturated heterocycles. The molecule has 1 aliphatic carbocycles. The summed E-state index contributed by atoms with van der Waals surface area (Å²) in [6.07, 6.45) is 6.12. The van der Waals surface area contributed by atoms with Gasteiger partial charge in [0.15, 0.2) is 5.79 Å². The van der Waals surface area contributed by atoms with Gasteiger partial charge in [-0.2, -0.15) is 0 Å². The Labute approximate surface area is 122 Å². The maximum absolute atomic E-state index is 6.34. The van der Waals surface area contributed by atoms with Crippen LogP contribution in [0.25, 0.3) is 0 Å². The van der Waals surface area contributed by atoms with Gasteiger partial charge in [0.2, 0.25) is 0 Å². The fraction of sp³-hybridized carbons (Fsp3) is 0.600. The Kier molecular flexibility index (Phi) is 3.65. The van der Waals surface area contributed by atoms with Crippen LogP contribution in [0.15, 0.2) is 24.3 Å². The topological polar surface area (TPSA) is 18.5 Å². The van der Waals surface area contributed by atoms with Crippen LogP contribution in [-0.2, 0) is 9.47 Å². The average Bonchev–Trinajstić information content (AvgIpc) is 2.67. The van der Waals surface area contributed by atoms with Gasteiger partial charge in [-0.15, -0.1) is 0 Å². The van der Waals surface area contributed by atoms with Crippen LogP contribution in [0.3, 0.4) is 0 Å². The molecule has 0 amide bonds. The molecule has 98 valence electrons. The van der Waals surface area contributed by atoms with E-state index in [0.29, 0.717) is 0 Å². The molecule has 0 radical (unpaired) electrons. The Morgan fingerprint density at radius 3 is 2.56 bits per heavy atom. The number of halogens is 1. The molecule has 1 heterocycles. The molecule has 1 aromatic carbocycles. The van der Waals surface area contributed by atoms with Gasteiger partial charge in [0.05, 0.1) is 6.10 Å². The van der Waals surface area contributed by atoms with E-state index in [2.05, 4.69) is 53.8 Å². The lowest BCUT2D eigenvalue weighted by atomic mass is 9.94. The van der Waals surface area contributed by atoms with E-state index in [4.69, 9.17) is 9.47 Å². The van der Waals surface area contributed by atoms with E-state index in [1.54, 1.807) is 0 Å². The largest absolute Gasteiger partial charge is 0.344 e. The Hall–Kier alpha value is -0.130. The molecule has 0 bridgehead atoms. The molecule has 0 unspecified atom stereocenters. The van der Waals surface area contributed by atoms with E-state index in [9.17, 15) is 0 Å². The first-order valence-electron chi connectivity index (χ1n) is 6.80. The van der Waals surface area contributed by atoms with Crippen LogP contribution in [0.2, 0.25) is 0 Å². The number of rotatable bonds is 1. The molecule has 2 fully saturated rings. The van der Waals surface area contributed by atoms with Gasteiger partial charge in [0.1, 0.15) is 6.10 Å². The molecule has 3 heteroatoms. The minimum Gasteiger partial charge on any atom is -0.344 e. The molecule has 1 saturated carbocycles. The Morgan fingerprint density at radius 1 is 1.11 bits per heavy atom. The molecule has 1 spiro atoms. The first-order chi connectivity index (χ1) is 8.70. The lowest BCUT2D eigenvalue weighted by Gasteiger charge is -2.32. The van der Waals surface area contributed by atoms with Gasteiger partial charge < -0.3 is 9.47 Å². The van der Waals surface area contributed by atoms with Crippen LogP contribution in [0.5, 0.6) is 0 Å². The highest BCUT2D eigenvalue weighted by atomic mass is 127. The van der Waals surface area contributed by atoms with Gasteiger partial charge in [-0.3, -0.25) is 0 Å². The maximum atomic E-state index is 6.34. The summed E-state index contributed by atoms with van der Waals surface area (Å²) < 4.78 is 13.8. The summed E-state index contributed by atoms with van der Waals surface area (Å²) in [6.45, 7) is 2.14. The molecule has 0 aromatic heterocycles. The van der Waals surface area contributed by atoms with Crippen molar-refractivity contribution >= 4 is 22.6 Å². The lowest BCUT2D eigenvalue weighted by molar-refractivity contribution is -0.193. The molecule has 3 rings (SSSR count). The predicted octanol–water partition coefficient (Wildman–Crippen LogP) is 4.43. The first-order valence-corrected chi connectivity index (χ1v) is 7.88. The van der Waals surface area contributed by atoms with Gasteiger partial charge >= 0.3 is 0 Å². The minimum atomic E-state index is -0.290. The average molecular weight is 358 g/mol. The van der Waals surface area contributed by atoms with Crippen LogP contribution < -0.4 is 0 Å². The summed E-state index contributed by atoms with van der Waals surface area (Å²) in [5, 5.41) is 0. The second-order valence-corrected chi connectivity index (χ2v) is 6.52. The van der Waals surface area contributed by atoms with E-state index in [0.717, 1.165) is 12.8 Å². The van der Waals surface area contributed by atoms with Crippen LogP contribution >= 0.6 is 22.6 Å². The smallest absolute Gasteiger partial charge is 0.169 e. The zero-order valence-electron chi connectivity index (χ0n) is 10.7. The van der Waals surface area contributed by atoms with Crippen LogP contribution in [0.1, 0.15) is 50.7 Å². The third-order valence-corrected chi connectivity index (χ3v) is 4.98. The van der Waals surface area contributed by atoms with Crippen molar-refractivity contribution < 1.29 is 9.47 Å². The monoisotopic (exact) mass is 358 g/mol. The SMILES string of the molecule is C[C@H]1OC2(CCCCC2)O[C@@H]1c1ccccc1I. The van der Waals surface area contributed by atoms with Crippen LogP contribution in [0, 0.1) is 3.57 Å². The highest BCUT2D eigenvalue weighted by Crippen LogP contribution is 2.46. The van der Waals surface area contributed by atoms with Gasteiger partial charge in [0.25, 0.3) is 0 Å². The minimum absolute atomic E-state index is 0.0937. The van der Waals surface area contributed by atoms with Gasteiger partial charge in [-0.1, -0.05) is 24.6 Å². The molecule has 1 aliphatic heterocycles. The van der Waals surface area contributed by atoms with E-state index >= 15 is 0 Å². The van der Waals surface area contributed by atoms with E-state index in [1.807, 2.05) is 0 Å². The number of hydrogen-bond acceptors (Lipinski definition) is 2. The second kappa shape index (κ2) is 5.10. The zero-order chi connectivity index (χ0) is 12.6. The van der Waals surface area contributed by atoms with Crippen molar-refractivity contribution in [2.75, 3.05) is 0 Å². The van der Waals surface area contributed by atoms with Crippen LogP contribution in [0.4, 0.5) is 0 Å². The third-order valence-electron chi connectivity index (χ3n) is 4.00. The second-order valence-electron chi connectivity index (χ2n) is 5.35. The highest BCUT2D eigenvalue weighted by Gasteiger charge is 2.46. The zero-order valence-corrected chi connectivity index (χ0v) is 12.9. The molecule has 2 nitrogen and oxygen atoms in total. The molecule has 2 atom stereocenters. The summed E-state index contributed by atoms with van der Waals surface area (Å²) in [6, 6.07) is 8.45. The standard InChI is InChI=1S/C15H19IO2/c1-11-14(12-7-3-4-8-13(12)16)18-15(17-11)9-5-2-6-10-15/h3-4,7-8,11,14H,2,5-6,9-10H2,1H3/t11-,14+/m1/s1. The van der Waals surface area contributed by atoms with E-state index in [-0.39, 0.29) is 18.0 Å². The van der Waals surface area contributed by atoms with Crippen molar-refractivity contribution in [1.29, 1.82) is 0 Å². The summed E-state index contributed by atoms with van der Waals surface area (Å²) >= 11 is 2.38. The van der Waals surface area contributed by atoms with Gasteiger partial charge in [0, 0.05) is 16.4 Å². The summed E-state index contributed by atoms with van der Waals surface area (Å²) in [7, 11) is 0. The molecule has 2 aliphatic rings. The summed E-state index contributed by atoms with van der Waals surface area (Å²) in [4.78, 5) is 0. The molecule has 1 aromatic rings. The maximum Gasteiger partial charge on any atom is 0.169 e. The lowest BCUT2D eigenvalue weighted by Crippen LogP contribution is -2.33. The van der Waals surface area contributed by atoms with Crippen molar-refractivity contribution in [2.45, 2.75) is 57.0 Å². The fourth-order valence-electron chi connectivity index (χ4n) is 3.10. The number of hydrogen-bond donors (Lipinski definition) is 0. The Bertz CT molecular complexity index is 426. The first kappa shape index (κ1) is 12.9. The predicted molar refractivity (Wildman–Crippen MR) is 79.3 cm³/mol. The highest BCUT2D eigenvalue weighted by molar-refractivity contribution is 14.1. The fourth-order valence-corrected chi connectivity index (χ4v) is 3.80. The van der Waals surface area contributed by atoms with Crippen molar-refractivity contribution in [3.8, 4) is 0 Å². The molecular weight excluding hydrogens is 339 g/mol. The van der Waals surface area contributed by atoms with Crippen molar-refractivity contribution in [3.05, 3.63) is 33.4 Å². The molecular formula is C15H19IO2. The van der Waals surface area contributed by atoms with Gasteiger partial charge in [-0.25, -0.2) is 0 Å². The van der Waals surface area contributed by atoms with E-state index in [1.165, 1.54) is 28.4 Å². The van der Waals surface area contributed by atoms with E-state index < -0.39 is 0 Å². The van der Waals surface area contributed by atoms with Gasteiger partial charge in [-0.05, 0) is 54.0 Å². The van der Waals surface area contributed by atoms with Crippen molar-refractivity contribution in [1.82, 2.24) is 0 Å². The Balaban J connectivity index is 1.84. The number of ether oxygens (including phenoxy) is 2. The Morgan fingerprint density at radius 2 is 1.83 bits per heavy atom. The summed E-state index contributed by atoms with van der Waals surface area (Å²) in [5.74, 6) is -0.290. The molecule has 0 N–H and O–H groups in total.